The zero-order valence-electron chi connectivity index (χ0n) is 11.3. The van der Waals surface area contributed by atoms with Gasteiger partial charge < -0.3 is 10.4 Å². The third-order valence-electron chi connectivity index (χ3n) is 2.82. The van der Waals surface area contributed by atoms with E-state index in [2.05, 4.69) is 21.2 Å². The van der Waals surface area contributed by atoms with Crippen molar-refractivity contribution in [1.29, 1.82) is 0 Å². The normalized spacial score (nSPS) is 11.7. The summed E-state index contributed by atoms with van der Waals surface area (Å²) in [7, 11) is 0. The average Bonchev–Trinajstić information content (AvgIpc) is 2.41. The van der Waals surface area contributed by atoms with Crippen LogP contribution < -0.4 is 5.32 Å². The summed E-state index contributed by atoms with van der Waals surface area (Å²) in [5.41, 5.74) is 0.00922. The van der Waals surface area contributed by atoms with Gasteiger partial charge in [0.15, 0.2) is 0 Å². The van der Waals surface area contributed by atoms with Gasteiger partial charge in [0.25, 0.3) is 11.6 Å². The number of carbonyl (C=O) groups is 2. The molecule has 1 amide bonds. The number of rotatable bonds is 7. The lowest BCUT2D eigenvalue weighted by Gasteiger charge is -2.11. The van der Waals surface area contributed by atoms with Crippen molar-refractivity contribution in [3.8, 4) is 0 Å². The number of hydrogen-bond acceptors (Lipinski definition) is 4. The first kappa shape index (κ1) is 17.1. The second-order valence-corrected chi connectivity index (χ2v) is 5.62. The van der Waals surface area contributed by atoms with Crippen molar-refractivity contribution in [2.45, 2.75) is 19.8 Å². The monoisotopic (exact) mass is 358 g/mol. The highest BCUT2D eigenvalue weighted by atomic mass is 79.9. The van der Waals surface area contributed by atoms with Crippen LogP contribution in [0.1, 0.15) is 30.1 Å². The molecule has 1 unspecified atom stereocenters. The third-order valence-corrected chi connectivity index (χ3v) is 3.28. The molecule has 0 saturated carbocycles. The molecule has 2 N–H and O–H groups in total. The molecule has 1 rings (SSSR count). The standard InChI is InChI=1S/C13H15BrN2O5/c1-8(2-3-12(17)18)7-15-13(19)9-4-10(14)6-11(5-9)16(20)21/h4-6,8H,2-3,7H2,1H3,(H,15,19)(H,17,18). The summed E-state index contributed by atoms with van der Waals surface area (Å²) in [4.78, 5) is 32.6. The number of nitro benzene ring substituents is 1. The van der Waals surface area contributed by atoms with Crippen molar-refractivity contribution >= 4 is 33.5 Å². The van der Waals surface area contributed by atoms with Crippen molar-refractivity contribution in [3.63, 3.8) is 0 Å². The van der Waals surface area contributed by atoms with Crippen molar-refractivity contribution in [2.24, 2.45) is 5.92 Å². The lowest BCUT2D eigenvalue weighted by molar-refractivity contribution is -0.385. The Labute approximate surface area is 129 Å². The van der Waals surface area contributed by atoms with Crippen LogP contribution in [0.3, 0.4) is 0 Å². The van der Waals surface area contributed by atoms with Gasteiger partial charge in [-0.05, 0) is 18.4 Å². The van der Waals surface area contributed by atoms with E-state index in [1.165, 1.54) is 18.2 Å². The number of nitrogens with one attached hydrogen (secondary N) is 1. The Hall–Kier alpha value is -1.96. The highest BCUT2D eigenvalue weighted by Crippen LogP contribution is 2.21. The van der Waals surface area contributed by atoms with Gasteiger partial charge in [-0.3, -0.25) is 19.7 Å². The Balaban J connectivity index is 2.63. The predicted octanol–water partition coefficient (Wildman–Crippen LogP) is 2.59. The van der Waals surface area contributed by atoms with Crippen LogP contribution in [0.25, 0.3) is 0 Å². The smallest absolute Gasteiger partial charge is 0.303 e. The fourth-order valence-corrected chi connectivity index (χ4v) is 2.13. The number of benzene rings is 1. The van der Waals surface area contributed by atoms with Gasteiger partial charge in [-0.25, -0.2) is 0 Å². The number of aliphatic carboxylic acids is 1. The van der Waals surface area contributed by atoms with Gasteiger partial charge >= 0.3 is 5.97 Å². The number of carbonyl (C=O) groups excluding carboxylic acids is 1. The summed E-state index contributed by atoms with van der Waals surface area (Å²) in [6, 6.07) is 4.00. The molecule has 0 heterocycles. The molecule has 0 aliphatic carbocycles. The molecule has 0 saturated heterocycles. The van der Waals surface area contributed by atoms with Crippen LogP contribution in [0.2, 0.25) is 0 Å². The molecule has 8 heteroatoms. The fraction of sp³-hybridized carbons (Fsp3) is 0.385. The number of carboxylic acid groups (broad SMARTS) is 1. The zero-order chi connectivity index (χ0) is 16.0. The molecular weight excluding hydrogens is 344 g/mol. The van der Waals surface area contributed by atoms with Crippen molar-refractivity contribution < 1.29 is 19.6 Å². The predicted molar refractivity (Wildman–Crippen MR) is 79.2 cm³/mol. The van der Waals surface area contributed by atoms with Crippen LogP contribution in [-0.4, -0.2) is 28.5 Å². The van der Waals surface area contributed by atoms with Gasteiger partial charge in [0.2, 0.25) is 0 Å². The van der Waals surface area contributed by atoms with E-state index in [0.29, 0.717) is 17.4 Å². The van der Waals surface area contributed by atoms with Crippen LogP contribution in [0.5, 0.6) is 0 Å². The third kappa shape index (κ3) is 5.90. The zero-order valence-corrected chi connectivity index (χ0v) is 12.9. The number of nitro groups is 1. The molecule has 21 heavy (non-hydrogen) atoms. The number of nitrogens with zero attached hydrogens (tertiary/aromatic N) is 1. The molecule has 1 atom stereocenters. The molecule has 1 aromatic rings. The molecule has 0 bridgehead atoms. The Morgan fingerprint density at radius 1 is 1.43 bits per heavy atom. The number of amides is 1. The molecule has 1 aromatic carbocycles. The highest BCUT2D eigenvalue weighted by Gasteiger charge is 2.14. The first-order valence-corrected chi connectivity index (χ1v) is 7.04. The lowest BCUT2D eigenvalue weighted by atomic mass is 10.1. The SMILES string of the molecule is CC(CCC(=O)O)CNC(=O)c1cc(Br)cc([N+](=O)[O-])c1. The molecular formula is C13H15BrN2O5. The summed E-state index contributed by atoms with van der Waals surface area (Å²) in [6.45, 7) is 2.14. The van der Waals surface area contributed by atoms with Crippen molar-refractivity contribution in [1.82, 2.24) is 5.32 Å². The van der Waals surface area contributed by atoms with Crippen molar-refractivity contribution in [3.05, 3.63) is 38.3 Å². The van der Waals surface area contributed by atoms with Crippen LogP contribution in [0.4, 0.5) is 5.69 Å². The minimum atomic E-state index is -0.879. The number of carboxylic acids is 1. The van der Waals surface area contributed by atoms with E-state index in [0.717, 1.165) is 0 Å². The Bertz CT molecular complexity index is 561. The van der Waals surface area contributed by atoms with E-state index in [4.69, 9.17) is 5.11 Å². The molecule has 0 radical (unpaired) electrons. The Morgan fingerprint density at radius 3 is 2.67 bits per heavy atom. The second kappa shape index (κ2) is 7.72. The van der Waals surface area contributed by atoms with Gasteiger partial charge in [-0.15, -0.1) is 0 Å². The number of hydrogen-bond donors (Lipinski definition) is 2. The van der Waals surface area contributed by atoms with Gasteiger partial charge in [0.1, 0.15) is 0 Å². The van der Waals surface area contributed by atoms with Gasteiger partial charge in [0.05, 0.1) is 4.92 Å². The van der Waals surface area contributed by atoms with Crippen LogP contribution in [-0.2, 0) is 4.79 Å². The number of non-ortho nitro benzene ring substituents is 1. The maximum absolute atomic E-state index is 11.9. The molecule has 114 valence electrons. The summed E-state index contributed by atoms with van der Waals surface area (Å²) in [6.07, 6.45) is 0.494. The first-order valence-electron chi connectivity index (χ1n) is 6.24. The van der Waals surface area contributed by atoms with Gasteiger partial charge in [0, 0.05) is 35.1 Å². The van der Waals surface area contributed by atoms with Crippen molar-refractivity contribution in [2.75, 3.05) is 6.54 Å². The van der Waals surface area contributed by atoms with Gasteiger partial charge in [-0.2, -0.15) is 0 Å². The minimum Gasteiger partial charge on any atom is -0.481 e. The molecule has 0 aromatic heterocycles. The average molecular weight is 359 g/mol. The fourth-order valence-electron chi connectivity index (χ4n) is 1.65. The molecule has 0 spiro atoms. The maximum Gasteiger partial charge on any atom is 0.303 e. The van der Waals surface area contributed by atoms with Gasteiger partial charge in [-0.1, -0.05) is 22.9 Å². The molecule has 7 nitrogen and oxygen atoms in total. The quantitative estimate of drug-likeness (QED) is 0.574. The van der Waals surface area contributed by atoms with E-state index in [9.17, 15) is 19.7 Å². The Kier molecular flexibility index (Phi) is 6.29. The lowest BCUT2D eigenvalue weighted by Crippen LogP contribution is -2.28. The van der Waals surface area contributed by atoms with Crippen LogP contribution >= 0.6 is 15.9 Å². The summed E-state index contributed by atoms with van der Waals surface area (Å²) in [5, 5.41) is 22.0. The highest BCUT2D eigenvalue weighted by molar-refractivity contribution is 9.10. The van der Waals surface area contributed by atoms with E-state index in [1.54, 1.807) is 0 Å². The molecule has 0 fully saturated rings. The van der Waals surface area contributed by atoms with E-state index < -0.39 is 16.8 Å². The molecule has 0 aliphatic heterocycles. The summed E-state index contributed by atoms with van der Waals surface area (Å²) in [5.74, 6) is -1.30. The second-order valence-electron chi connectivity index (χ2n) is 4.70. The maximum atomic E-state index is 11.9. The van der Waals surface area contributed by atoms with E-state index >= 15 is 0 Å². The van der Waals surface area contributed by atoms with E-state index in [-0.39, 0.29) is 23.6 Å². The Morgan fingerprint density at radius 2 is 2.10 bits per heavy atom. The van der Waals surface area contributed by atoms with Crippen LogP contribution in [0, 0.1) is 16.0 Å². The molecule has 0 aliphatic rings. The summed E-state index contributed by atoms with van der Waals surface area (Å²) < 4.78 is 0.445. The minimum absolute atomic E-state index is 0.00666. The topological polar surface area (TPSA) is 110 Å². The van der Waals surface area contributed by atoms with E-state index in [1.807, 2.05) is 6.92 Å². The summed E-state index contributed by atoms with van der Waals surface area (Å²) >= 11 is 3.12. The first-order chi connectivity index (χ1) is 9.79. The van der Waals surface area contributed by atoms with Crippen LogP contribution in [0.15, 0.2) is 22.7 Å². The number of halogens is 1. The largest absolute Gasteiger partial charge is 0.481 e.